The number of piperidine rings is 1. The molecule has 13 heteroatoms. The van der Waals surface area contributed by atoms with Gasteiger partial charge < -0.3 is 15.3 Å². The van der Waals surface area contributed by atoms with Crippen LogP contribution in [0.1, 0.15) is 58.9 Å². The summed E-state index contributed by atoms with van der Waals surface area (Å²) in [6.45, 7) is 2.24. The van der Waals surface area contributed by atoms with Gasteiger partial charge in [0.05, 0.1) is 30.0 Å². The van der Waals surface area contributed by atoms with Crippen LogP contribution in [0.3, 0.4) is 0 Å². The van der Waals surface area contributed by atoms with Crippen molar-refractivity contribution >= 4 is 17.6 Å². The number of aromatic nitrogens is 2. The Labute approximate surface area is 237 Å². The Hall–Kier alpha value is -4.16. The predicted molar refractivity (Wildman–Crippen MR) is 142 cm³/mol. The summed E-state index contributed by atoms with van der Waals surface area (Å²) in [6, 6.07) is 10.2. The summed E-state index contributed by atoms with van der Waals surface area (Å²) in [4.78, 5) is 33.0. The van der Waals surface area contributed by atoms with Crippen LogP contribution in [0.2, 0.25) is 0 Å². The molecule has 0 aliphatic carbocycles. The lowest BCUT2D eigenvalue weighted by molar-refractivity contribution is -0.143. The molecule has 0 bridgehead atoms. The number of benzene rings is 2. The third kappa shape index (κ3) is 7.77. The Morgan fingerprint density at radius 2 is 1.76 bits per heavy atom. The summed E-state index contributed by atoms with van der Waals surface area (Å²) in [5, 5.41) is 12.4. The van der Waals surface area contributed by atoms with E-state index in [9.17, 15) is 41.0 Å². The van der Waals surface area contributed by atoms with Gasteiger partial charge in [0.25, 0.3) is 5.91 Å². The van der Waals surface area contributed by atoms with Crippen LogP contribution in [0, 0.1) is 12.8 Å². The largest absolute Gasteiger partial charge is 0.481 e. The van der Waals surface area contributed by atoms with Crippen molar-refractivity contribution in [2.45, 2.75) is 51.0 Å². The van der Waals surface area contributed by atoms with E-state index in [-0.39, 0.29) is 24.6 Å². The highest BCUT2D eigenvalue weighted by Gasteiger charge is 2.33. The SMILES string of the molecule is Cc1cc(-c2cnc(C(F)(F)F)cn2)ccc1C(CCC(F)(F)F)Nc1ccc(C(=O)N2CCC[C@@H](C(=O)O)C2)cc1. The highest BCUT2D eigenvalue weighted by Crippen LogP contribution is 2.34. The molecule has 2 aromatic carbocycles. The second-order valence-electron chi connectivity index (χ2n) is 10.2. The van der Waals surface area contributed by atoms with Crippen molar-refractivity contribution in [3.63, 3.8) is 0 Å². The van der Waals surface area contributed by atoms with Gasteiger partial charge in [-0.25, -0.2) is 4.98 Å². The molecule has 3 aromatic rings. The number of alkyl halides is 6. The van der Waals surface area contributed by atoms with Gasteiger partial charge in [-0.15, -0.1) is 0 Å². The van der Waals surface area contributed by atoms with E-state index in [1.54, 1.807) is 37.3 Å². The first kappa shape index (κ1) is 30.8. The van der Waals surface area contributed by atoms with Gasteiger partial charge in [0, 0.05) is 36.3 Å². The number of carbonyl (C=O) groups excluding carboxylic acids is 1. The molecule has 1 saturated heterocycles. The number of rotatable bonds is 8. The van der Waals surface area contributed by atoms with Gasteiger partial charge in [-0.2, -0.15) is 26.3 Å². The van der Waals surface area contributed by atoms with E-state index < -0.39 is 42.4 Å². The summed E-state index contributed by atoms with van der Waals surface area (Å²) in [5.41, 5.74) is 1.45. The number of hydrogen-bond donors (Lipinski definition) is 2. The maximum absolute atomic E-state index is 13.2. The van der Waals surface area contributed by atoms with Crippen molar-refractivity contribution < 1.29 is 41.0 Å². The zero-order valence-electron chi connectivity index (χ0n) is 22.5. The third-order valence-corrected chi connectivity index (χ3v) is 7.13. The number of carbonyl (C=O) groups is 2. The van der Waals surface area contributed by atoms with Gasteiger partial charge in [0.1, 0.15) is 0 Å². The highest BCUT2D eigenvalue weighted by atomic mass is 19.4. The smallest absolute Gasteiger partial charge is 0.434 e. The average molecular weight is 595 g/mol. The van der Waals surface area contributed by atoms with Gasteiger partial charge >= 0.3 is 18.3 Å². The number of nitrogens with zero attached hydrogens (tertiary/aromatic N) is 3. The first-order chi connectivity index (χ1) is 19.7. The lowest BCUT2D eigenvalue weighted by Gasteiger charge is -2.30. The number of nitrogens with one attached hydrogen (secondary N) is 1. The minimum absolute atomic E-state index is 0.112. The molecule has 1 aliphatic heterocycles. The molecule has 0 spiro atoms. The molecule has 4 rings (SSSR count). The molecule has 42 heavy (non-hydrogen) atoms. The molecule has 0 saturated carbocycles. The molecule has 0 radical (unpaired) electrons. The molecule has 1 aliphatic rings. The van der Waals surface area contributed by atoms with Gasteiger partial charge in [-0.05, 0) is 67.6 Å². The van der Waals surface area contributed by atoms with Crippen LogP contribution < -0.4 is 5.32 Å². The summed E-state index contributed by atoms with van der Waals surface area (Å²) in [5.74, 6) is -1.90. The van der Waals surface area contributed by atoms with Crippen LogP contribution in [0.15, 0.2) is 54.9 Å². The van der Waals surface area contributed by atoms with Crippen molar-refractivity contribution in [3.8, 4) is 11.3 Å². The number of halogens is 6. The van der Waals surface area contributed by atoms with Crippen molar-refractivity contribution in [2.24, 2.45) is 5.92 Å². The van der Waals surface area contributed by atoms with Gasteiger partial charge in [0.2, 0.25) is 0 Å². The van der Waals surface area contributed by atoms with E-state index in [1.165, 1.54) is 17.0 Å². The molecular weight excluding hydrogens is 566 g/mol. The molecule has 7 nitrogen and oxygen atoms in total. The third-order valence-electron chi connectivity index (χ3n) is 7.13. The lowest BCUT2D eigenvalue weighted by atomic mass is 9.94. The lowest BCUT2D eigenvalue weighted by Crippen LogP contribution is -2.42. The summed E-state index contributed by atoms with van der Waals surface area (Å²) < 4.78 is 78.0. The number of hydrogen-bond acceptors (Lipinski definition) is 5. The number of anilines is 1. The first-order valence-electron chi connectivity index (χ1n) is 13.2. The van der Waals surface area contributed by atoms with Crippen molar-refractivity contribution in [2.75, 3.05) is 18.4 Å². The minimum atomic E-state index is -4.63. The minimum Gasteiger partial charge on any atom is -0.481 e. The van der Waals surface area contributed by atoms with Crippen molar-refractivity contribution in [1.29, 1.82) is 0 Å². The maximum atomic E-state index is 13.2. The van der Waals surface area contributed by atoms with Crippen LogP contribution >= 0.6 is 0 Å². The summed E-state index contributed by atoms with van der Waals surface area (Å²) in [7, 11) is 0. The topological polar surface area (TPSA) is 95.4 Å². The summed E-state index contributed by atoms with van der Waals surface area (Å²) in [6.07, 6.45) is -7.71. The Bertz CT molecular complexity index is 1410. The Kier molecular flexibility index (Phi) is 9.07. The number of carboxylic acids is 1. The number of carboxylic acid groups (broad SMARTS) is 1. The van der Waals surface area contributed by atoms with Crippen LogP contribution in [0.4, 0.5) is 32.0 Å². The van der Waals surface area contributed by atoms with Gasteiger partial charge in [-0.1, -0.05) is 12.1 Å². The second kappa shape index (κ2) is 12.4. The average Bonchev–Trinajstić information content (AvgIpc) is 2.94. The number of likely N-dealkylation sites (tertiary alicyclic amines) is 1. The van der Waals surface area contributed by atoms with Crippen molar-refractivity contribution in [3.05, 3.63) is 77.2 Å². The first-order valence-corrected chi connectivity index (χ1v) is 13.2. The number of aryl methyl sites for hydroxylation is 1. The molecule has 2 N–H and O–H groups in total. The molecule has 1 fully saturated rings. The van der Waals surface area contributed by atoms with E-state index >= 15 is 0 Å². The van der Waals surface area contributed by atoms with E-state index in [1.807, 2.05) is 0 Å². The number of aliphatic carboxylic acids is 1. The molecular formula is C29H28F6N4O3. The molecule has 1 aromatic heterocycles. The summed E-state index contributed by atoms with van der Waals surface area (Å²) >= 11 is 0. The monoisotopic (exact) mass is 594 g/mol. The van der Waals surface area contributed by atoms with E-state index in [0.717, 1.165) is 6.20 Å². The highest BCUT2D eigenvalue weighted by molar-refractivity contribution is 5.95. The van der Waals surface area contributed by atoms with Gasteiger partial charge in [-0.3, -0.25) is 14.6 Å². The normalized spacial score (nSPS) is 16.6. The van der Waals surface area contributed by atoms with Crippen LogP contribution in [-0.2, 0) is 11.0 Å². The Morgan fingerprint density at radius 1 is 1.05 bits per heavy atom. The molecule has 2 heterocycles. The van der Waals surface area contributed by atoms with Crippen LogP contribution in [0.5, 0.6) is 0 Å². The quantitative estimate of drug-likeness (QED) is 0.276. The zero-order valence-corrected chi connectivity index (χ0v) is 22.5. The van der Waals surface area contributed by atoms with Crippen molar-refractivity contribution in [1.82, 2.24) is 14.9 Å². The van der Waals surface area contributed by atoms with Crippen LogP contribution in [0.25, 0.3) is 11.3 Å². The van der Waals surface area contributed by atoms with E-state index in [2.05, 4.69) is 15.3 Å². The van der Waals surface area contributed by atoms with E-state index in [4.69, 9.17) is 0 Å². The maximum Gasteiger partial charge on any atom is 0.434 e. The fourth-order valence-corrected chi connectivity index (χ4v) is 4.92. The Morgan fingerprint density at radius 3 is 2.33 bits per heavy atom. The van der Waals surface area contributed by atoms with Gasteiger partial charge in [0.15, 0.2) is 5.69 Å². The number of amides is 1. The standard InChI is InChI=1S/C29H28F6N4O3/c1-17-13-19(24-14-37-25(15-36-24)29(33,34)35)6-9-22(17)23(10-11-28(30,31)32)38-21-7-4-18(5-8-21)26(40)39-12-2-3-20(16-39)27(41)42/h4-9,13-15,20,23,38H,2-3,10-12,16H2,1H3,(H,41,42)/t20-,23?/m1/s1. The van der Waals surface area contributed by atoms with E-state index in [0.29, 0.717) is 53.5 Å². The fraction of sp³-hybridized carbons (Fsp3) is 0.379. The molecule has 1 amide bonds. The molecule has 2 atom stereocenters. The second-order valence-corrected chi connectivity index (χ2v) is 10.2. The molecule has 224 valence electrons. The van der Waals surface area contributed by atoms with Crippen LogP contribution in [-0.4, -0.2) is 51.1 Å². The Balaban J connectivity index is 1.52. The fourth-order valence-electron chi connectivity index (χ4n) is 4.92. The molecule has 1 unspecified atom stereocenters. The predicted octanol–water partition coefficient (Wildman–Crippen LogP) is 6.90. The zero-order chi connectivity index (χ0) is 30.7.